The maximum atomic E-state index is 12.6. The highest BCUT2D eigenvalue weighted by atomic mass is 16.2. The molecule has 2 saturated heterocycles. The van der Waals surface area contributed by atoms with E-state index in [0.29, 0.717) is 0 Å². The van der Waals surface area contributed by atoms with Crippen molar-refractivity contribution in [2.75, 3.05) is 65.4 Å². The van der Waals surface area contributed by atoms with Crippen LogP contribution in [0.4, 0.5) is 0 Å². The zero-order chi connectivity index (χ0) is 30.6. The van der Waals surface area contributed by atoms with Crippen molar-refractivity contribution in [3.8, 4) is 0 Å². The molecule has 4 rings (SSSR count). The summed E-state index contributed by atoms with van der Waals surface area (Å²) < 4.78 is 0. The Kier molecular flexibility index (Phi) is 12.1. The van der Waals surface area contributed by atoms with Gasteiger partial charge in [0.1, 0.15) is 0 Å². The summed E-state index contributed by atoms with van der Waals surface area (Å²) in [6, 6.07) is 12.8. The van der Waals surface area contributed by atoms with Crippen LogP contribution in [0.25, 0.3) is 12.2 Å². The van der Waals surface area contributed by atoms with Crippen LogP contribution in [-0.4, -0.2) is 96.9 Å². The molecule has 0 spiro atoms. The van der Waals surface area contributed by atoms with Crippen molar-refractivity contribution in [3.05, 3.63) is 106 Å². The smallest absolute Gasteiger partial charge is 0.246 e. The van der Waals surface area contributed by atoms with Gasteiger partial charge < -0.3 is 9.80 Å². The molecular weight excluding hydrogens is 532 g/mol. The normalized spacial score (nSPS) is 17.3. The van der Waals surface area contributed by atoms with Crippen LogP contribution >= 0.6 is 0 Å². The molecular formula is C37H48N4O2. The molecule has 6 nitrogen and oxygen atoms in total. The predicted molar refractivity (Wildman–Crippen MR) is 179 cm³/mol. The summed E-state index contributed by atoms with van der Waals surface area (Å²) >= 11 is 0. The Labute approximate surface area is 258 Å². The molecule has 0 N–H and O–H groups in total. The third-order valence-electron chi connectivity index (χ3n) is 8.42. The first-order chi connectivity index (χ1) is 20.8. The number of hydrogen-bond donors (Lipinski definition) is 0. The van der Waals surface area contributed by atoms with Crippen LogP contribution in [0.15, 0.2) is 72.9 Å². The summed E-state index contributed by atoms with van der Waals surface area (Å²) in [5, 5.41) is 0. The number of rotatable bonds is 10. The molecule has 2 aliphatic rings. The van der Waals surface area contributed by atoms with E-state index in [2.05, 4.69) is 86.0 Å². The van der Waals surface area contributed by atoms with Crippen LogP contribution in [0, 0.1) is 27.7 Å². The molecule has 0 bridgehead atoms. The fourth-order valence-corrected chi connectivity index (χ4v) is 5.73. The Bertz CT molecular complexity index is 1250. The summed E-state index contributed by atoms with van der Waals surface area (Å²) in [6.45, 7) is 17.3. The van der Waals surface area contributed by atoms with Crippen LogP contribution in [0.3, 0.4) is 0 Å². The first-order valence-corrected chi connectivity index (χ1v) is 15.6. The molecule has 0 radical (unpaired) electrons. The summed E-state index contributed by atoms with van der Waals surface area (Å²) in [7, 11) is 0. The number of aryl methyl sites for hydroxylation is 4. The second kappa shape index (κ2) is 16.2. The number of amides is 2. The maximum absolute atomic E-state index is 12.6. The molecule has 2 aliphatic heterocycles. The Morgan fingerprint density at radius 2 is 0.977 bits per heavy atom. The summed E-state index contributed by atoms with van der Waals surface area (Å²) in [4.78, 5) is 34.1. The Morgan fingerprint density at radius 3 is 1.35 bits per heavy atom. The quantitative estimate of drug-likeness (QED) is 0.278. The van der Waals surface area contributed by atoms with Gasteiger partial charge in [-0.25, -0.2) is 0 Å². The third-order valence-corrected chi connectivity index (χ3v) is 8.42. The van der Waals surface area contributed by atoms with E-state index in [-0.39, 0.29) is 11.8 Å². The molecule has 43 heavy (non-hydrogen) atoms. The topological polar surface area (TPSA) is 47.1 Å². The van der Waals surface area contributed by atoms with Gasteiger partial charge in [0.25, 0.3) is 0 Å². The molecule has 2 heterocycles. The van der Waals surface area contributed by atoms with E-state index in [0.717, 1.165) is 71.9 Å². The molecule has 6 heteroatoms. The van der Waals surface area contributed by atoms with E-state index in [1.807, 2.05) is 34.1 Å². The second-order valence-electron chi connectivity index (χ2n) is 11.8. The Morgan fingerprint density at radius 1 is 0.581 bits per heavy atom. The lowest BCUT2D eigenvalue weighted by Crippen LogP contribution is -2.50. The van der Waals surface area contributed by atoms with Gasteiger partial charge in [0.2, 0.25) is 11.8 Å². The average Bonchev–Trinajstić information content (AvgIpc) is 3.00. The van der Waals surface area contributed by atoms with Crippen molar-refractivity contribution in [2.45, 2.75) is 34.1 Å². The fourth-order valence-electron chi connectivity index (χ4n) is 5.73. The van der Waals surface area contributed by atoms with Crippen LogP contribution in [-0.2, 0) is 9.59 Å². The number of benzene rings is 2. The average molecular weight is 581 g/mol. The number of allylic oxidation sites excluding steroid dienone is 4. The zero-order valence-corrected chi connectivity index (χ0v) is 26.5. The first-order valence-electron chi connectivity index (χ1n) is 15.6. The molecule has 0 aliphatic carbocycles. The van der Waals surface area contributed by atoms with E-state index in [4.69, 9.17) is 0 Å². The van der Waals surface area contributed by atoms with E-state index in [9.17, 15) is 9.59 Å². The monoisotopic (exact) mass is 580 g/mol. The van der Waals surface area contributed by atoms with Gasteiger partial charge in [-0.3, -0.25) is 19.4 Å². The lowest BCUT2D eigenvalue weighted by Gasteiger charge is -2.36. The van der Waals surface area contributed by atoms with Gasteiger partial charge in [-0.05, 0) is 69.5 Å². The lowest BCUT2D eigenvalue weighted by atomic mass is 10.1. The van der Waals surface area contributed by atoms with Gasteiger partial charge in [0, 0.05) is 64.5 Å². The first kappa shape index (κ1) is 32.2. The van der Waals surface area contributed by atoms with Crippen LogP contribution in [0.5, 0.6) is 0 Å². The van der Waals surface area contributed by atoms with Gasteiger partial charge in [-0.1, -0.05) is 84.0 Å². The zero-order valence-electron chi connectivity index (χ0n) is 26.5. The van der Waals surface area contributed by atoms with Crippen molar-refractivity contribution in [2.24, 2.45) is 0 Å². The van der Waals surface area contributed by atoms with E-state index < -0.39 is 0 Å². The SMILES string of the molecule is Cc1ccc(/C=C/C=C/C(=O)N2CCN(CCCN3CCN(C(=O)/C=C/C=C/c4ccc(C)cc4C)CC3)CC2)c(C)c1. The third kappa shape index (κ3) is 10.2. The van der Waals surface area contributed by atoms with E-state index >= 15 is 0 Å². The summed E-state index contributed by atoms with van der Waals surface area (Å²) in [5.41, 5.74) is 7.35. The van der Waals surface area contributed by atoms with Gasteiger partial charge in [0.15, 0.2) is 0 Å². The fraction of sp³-hybridized carbons (Fsp3) is 0.405. The Balaban J connectivity index is 1.08. The van der Waals surface area contributed by atoms with Gasteiger partial charge >= 0.3 is 0 Å². The Hall–Kier alpha value is -3.74. The number of carbonyl (C=O) groups is 2. The molecule has 2 fully saturated rings. The van der Waals surface area contributed by atoms with Crippen LogP contribution in [0.1, 0.15) is 39.8 Å². The van der Waals surface area contributed by atoms with Crippen LogP contribution < -0.4 is 0 Å². The minimum atomic E-state index is 0.0876. The predicted octanol–water partition coefficient (Wildman–Crippen LogP) is 5.44. The van der Waals surface area contributed by atoms with Crippen molar-refractivity contribution >= 4 is 24.0 Å². The summed E-state index contributed by atoms with van der Waals surface area (Å²) in [6.07, 6.45) is 16.2. The minimum absolute atomic E-state index is 0.0876. The highest BCUT2D eigenvalue weighted by Gasteiger charge is 2.21. The van der Waals surface area contributed by atoms with Gasteiger partial charge in [-0.15, -0.1) is 0 Å². The number of piperazine rings is 2. The highest BCUT2D eigenvalue weighted by Crippen LogP contribution is 2.14. The summed E-state index contributed by atoms with van der Waals surface area (Å²) in [5.74, 6) is 0.175. The standard InChI is InChI=1S/C37H48N4O2/c1-30-14-16-34(32(3)28-30)10-5-7-12-36(42)40-24-20-38(21-25-40)18-9-19-39-22-26-41(27-23-39)37(43)13-8-6-11-35-17-15-31(2)29-33(35)4/h5-8,10-17,28-29H,9,18-27H2,1-4H3/b10-5+,11-6+,12-7+,13-8+. The van der Waals surface area contributed by atoms with Crippen molar-refractivity contribution in [1.29, 1.82) is 0 Å². The molecule has 2 aromatic carbocycles. The van der Waals surface area contributed by atoms with Crippen molar-refractivity contribution in [1.82, 2.24) is 19.6 Å². The number of hydrogen-bond acceptors (Lipinski definition) is 4. The van der Waals surface area contributed by atoms with Gasteiger partial charge in [-0.2, -0.15) is 0 Å². The minimum Gasteiger partial charge on any atom is -0.337 e. The molecule has 0 atom stereocenters. The maximum Gasteiger partial charge on any atom is 0.246 e. The van der Waals surface area contributed by atoms with Crippen molar-refractivity contribution in [3.63, 3.8) is 0 Å². The van der Waals surface area contributed by atoms with E-state index in [1.165, 1.54) is 33.4 Å². The molecule has 2 aromatic rings. The molecule has 228 valence electrons. The molecule has 0 unspecified atom stereocenters. The lowest BCUT2D eigenvalue weighted by molar-refractivity contribution is -0.128. The molecule has 0 aromatic heterocycles. The largest absolute Gasteiger partial charge is 0.337 e. The highest BCUT2D eigenvalue weighted by molar-refractivity contribution is 5.88. The molecule has 0 saturated carbocycles. The van der Waals surface area contributed by atoms with Crippen LogP contribution in [0.2, 0.25) is 0 Å². The molecule has 2 amide bonds. The van der Waals surface area contributed by atoms with E-state index in [1.54, 1.807) is 12.2 Å². The number of nitrogens with zero attached hydrogens (tertiary/aromatic N) is 4. The number of carbonyl (C=O) groups excluding carboxylic acids is 2. The van der Waals surface area contributed by atoms with Crippen molar-refractivity contribution < 1.29 is 9.59 Å². The second-order valence-corrected chi connectivity index (χ2v) is 11.8. The van der Waals surface area contributed by atoms with Gasteiger partial charge in [0.05, 0.1) is 0 Å².